The highest BCUT2D eigenvalue weighted by molar-refractivity contribution is 5.79. The average Bonchev–Trinajstić information content (AvgIpc) is 3.10. The first-order valence-corrected chi connectivity index (χ1v) is 9.09. The third kappa shape index (κ3) is 6.92. The zero-order chi connectivity index (χ0) is 17.8. The number of nitrogens with zero attached hydrogens (tertiary/aromatic N) is 1. The molecule has 1 unspecified atom stereocenters. The van der Waals surface area contributed by atoms with Gasteiger partial charge in [0.25, 0.3) is 0 Å². The van der Waals surface area contributed by atoms with E-state index in [0.717, 1.165) is 57.1 Å². The van der Waals surface area contributed by atoms with E-state index in [-0.39, 0.29) is 12.0 Å². The molecule has 1 aliphatic heterocycles. The number of aliphatic hydroxyl groups is 1. The maximum atomic E-state index is 9.28. The molecule has 2 rings (SSSR count). The van der Waals surface area contributed by atoms with Crippen molar-refractivity contribution in [3.05, 3.63) is 30.3 Å². The Balaban J connectivity index is 1.58. The molecular weight excluding hydrogens is 318 g/mol. The number of aliphatic hydroxyl groups excluding tert-OH is 1. The number of para-hydroxylation sites is 1. The summed E-state index contributed by atoms with van der Waals surface area (Å²) in [6, 6.07) is 9.88. The molecule has 1 aromatic carbocycles. The summed E-state index contributed by atoms with van der Waals surface area (Å²) in [6.07, 6.45) is 3.74. The quantitative estimate of drug-likeness (QED) is 0.341. The van der Waals surface area contributed by atoms with Gasteiger partial charge in [0.15, 0.2) is 5.96 Å². The van der Waals surface area contributed by atoms with Crippen molar-refractivity contribution in [2.75, 3.05) is 46.6 Å². The van der Waals surface area contributed by atoms with E-state index in [1.807, 2.05) is 30.3 Å². The normalized spacial score (nSPS) is 20.5. The predicted octanol–water partition coefficient (Wildman–Crippen LogP) is 1.80. The Morgan fingerprint density at radius 2 is 2.12 bits per heavy atom. The summed E-state index contributed by atoms with van der Waals surface area (Å²) < 4.78 is 11.2. The van der Waals surface area contributed by atoms with Crippen molar-refractivity contribution in [2.24, 2.45) is 10.4 Å². The SMILES string of the molecule is CN=C(NCCCCOc1ccccc1)NCC1(CCO)CCOC1. The molecule has 0 aliphatic carbocycles. The van der Waals surface area contributed by atoms with Gasteiger partial charge in [0.05, 0.1) is 13.2 Å². The van der Waals surface area contributed by atoms with Gasteiger partial charge in [-0.25, -0.2) is 0 Å². The minimum Gasteiger partial charge on any atom is -0.494 e. The van der Waals surface area contributed by atoms with Gasteiger partial charge in [-0.05, 0) is 37.8 Å². The molecule has 1 fully saturated rings. The number of benzene rings is 1. The molecular formula is C19H31N3O3. The Hall–Kier alpha value is -1.79. The fraction of sp³-hybridized carbons (Fsp3) is 0.632. The summed E-state index contributed by atoms with van der Waals surface area (Å²) in [5, 5.41) is 16.0. The Morgan fingerprint density at radius 1 is 1.28 bits per heavy atom. The standard InChI is InChI=1S/C19H31N3O3/c1-20-18(22-15-19(9-12-23)10-14-24-16-19)21-11-5-6-13-25-17-7-3-2-4-8-17/h2-4,7-8,23H,5-6,9-16H2,1H3,(H2,20,21,22). The van der Waals surface area contributed by atoms with Crippen molar-refractivity contribution < 1.29 is 14.6 Å². The summed E-state index contributed by atoms with van der Waals surface area (Å²) in [5.74, 6) is 1.72. The smallest absolute Gasteiger partial charge is 0.190 e. The van der Waals surface area contributed by atoms with Crippen molar-refractivity contribution >= 4 is 5.96 Å². The lowest BCUT2D eigenvalue weighted by Gasteiger charge is -2.27. The Kier molecular flexibility index (Phi) is 8.55. The average molecular weight is 349 g/mol. The van der Waals surface area contributed by atoms with Crippen LogP contribution in [0.1, 0.15) is 25.7 Å². The van der Waals surface area contributed by atoms with E-state index >= 15 is 0 Å². The molecule has 0 saturated carbocycles. The van der Waals surface area contributed by atoms with E-state index < -0.39 is 0 Å². The van der Waals surface area contributed by atoms with Gasteiger partial charge < -0.3 is 25.2 Å². The van der Waals surface area contributed by atoms with Gasteiger partial charge in [0.1, 0.15) is 5.75 Å². The molecule has 0 amide bonds. The molecule has 1 aromatic rings. The van der Waals surface area contributed by atoms with E-state index in [2.05, 4.69) is 15.6 Å². The van der Waals surface area contributed by atoms with Crippen LogP contribution in [0.25, 0.3) is 0 Å². The van der Waals surface area contributed by atoms with Crippen LogP contribution in [0.15, 0.2) is 35.3 Å². The summed E-state index contributed by atoms with van der Waals surface area (Å²) in [5.41, 5.74) is 0.0237. The largest absolute Gasteiger partial charge is 0.494 e. The Morgan fingerprint density at radius 3 is 2.80 bits per heavy atom. The van der Waals surface area contributed by atoms with E-state index in [0.29, 0.717) is 13.2 Å². The highest BCUT2D eigenvalue weighted by Crippen LogP contribution is 2.31. The lowest BCUT2D eigenvalue weighted by atomic mass is 9.84. The molecule has 6 nitrogen and oxygen atoms in total. The molecule has 0 spiro atoms. The maximum Gasteiger partial charge on any atom is 0.190 e. The number of aliphatic imine (C=N–C) groups is 1. The lowest BCUT2D eigenvalue weighted by molar-refractivity contribution is 0.127. The van der Waals surface area contributed by atoms with Gasteiger partial charge in [-0.2, -0.15) is 0 Å². The van der Waals surface area contributed by atoms with Gasteiger partial charge in [0, 0.05) is 38.8 Å². The van der Waals surface area contributed by atoms with Crippen LogP contribution in [-0.4, -0.2) is 57.6 Å². The van der Waals surface area contributed by atoms with Crippen LogP contribution in [0.4, 0.5) is 0 Å². The van der Waals surface area contributed by atoms with E-state index in [9.17, 15) is 5.11 Å². The van der Waals surface area contributed by atoms with Gasteiger partial charge >= 0.3 is 0 Å². The molecule has 0 bridgehead atoms. The van der Waals surface area contributed by atoms with Crippen molar-refractivity contribution in [1.82, 2.24) is 10.6 Å². The number of rotatable bonds is 10. The highest BCUT2D eigenvalue weighted by Gasteiger charge is 2.34. The van der Waals surface area contributed by atoms with E-state index in [1.54, 1.807) is 7.05 Å². The molecule has 1 aliphatic rings. The molecule has 6 heteroatoms. The molecule has 0 aromatic heterocycles. The van der Waals surface area contributed by atoms with Crippen LogP contribution in [0.2, 0.25) is 0 Å². The summed E-state index contributed by atoms with van der Waals surface area (Å²) in [7, 11) is 1.78. The zero-order valence-electron chi connectivity index (χ0n) is 15.2. The van der Waals surface area contributed by atoms with Gasteiger partial charge in [0.2, 0.25) is 0 Å². The Bertz CT molecular complexity index is 502. The molecule has 1 heterocycles. The van der Waals surface area contributed by atoms with Crippen molar-refractivity contribution in [2.45, 2.75) is 25.7 Å². The number of hydrogen-bond acceptors (Lipinski definition) is 4. The zero-order valence-corrected chi connectivity index (χ0v) is 15.2. The fourth-order valence-corrected chi connectivity index (χ4v) is 2.94. The van der Waals surface area contributed by atoms with Gasteiger partial charge in [-0.15, -0.1) is 0 Å². The first-order valence-electron chi connectivity index (χ1n) is 9.09. The van der Waals surface area contributed by atoms with Crippen LogP contribution < -0.4 is 15.4 Å². The molecule has 0 radical (unpaired) electrons. The summed E-state index contributed by atoms with van der Waals surface area (Å²) in [4.78, 5) is 4.27. The molecule has 25 heavy (non-hydrogen) atoms. The third-order valence-electron chi connectivity index (χ3n) is 4.56. The number of hydrogen-bond donors (Lipinski definition) is 3. The van der Waals surface area contributed by atoms with Crippen LogP contribution >= 0.6 is 0 Å². The molecule has 3 N–H and O–H groups in total. The fourth-order valence-electron chi connectivity index (χ4n) is 2.94. The third-order valence-corrected chi connectivity index (χ3v) is 4.56. The second-order valence-corrected chi connectivity index (χ2v) is 6.50. The second kappa shape index (κ2) is 10.9. The summed E-state index contributed by atoms with van der Waals surface area (Å²) in [6.45, 7) is 4.00. The predicted molar refractivity (Wildman–Crippen MR) is 100 cm³/mol. The molecule has 1 saturated heterocycles. The topological polar surface area (TPSA) is 75.1 Å². The first-order chi connectivity index (χ1) is 12.3. The summed E-state index contributed by atoms with van der Waals surface area (Å²) >= 11 is 0. The van der Waals surface area contributed by atoms with E-state index in [4.69, 9.17) is 9.47 Å². The minimum absolute atomic E-state index is 0.0237. The first kappa shape index (κ1) is 19.5. The van der Waals surface area contributed by atoms with Crippen molar-refractivity contribution in [1.29, 1.82) is 0 Å². The highest BCUT2D eigenvalue weighted by atomic mass is 16.5. The van der Waals surface area contributed by atoms with Crippen molar-refractivity contribution in [3.63, 3.8) is 0 Å². The monoisotopic (exact) mass is 349 g/mol. The number of unbranched alkanes of at least 4 members (excludes halogenated alkanes) is 1. The van der Waals surface area contributed by atoms with Gasteiger partial charge in [-0.3, -0.25) is 4.99 Å². The Labute approximate surface area is 150 Å². The number of nitrogens with one attached hydrogen (secondary N) is 2. The van der Waals surface area contributed by atoms with Crippen LogP contribution in [0.5, 0.6) is 5.75 Å². The lowest BCUT2D eigenvalue weighted by Crippen LogP contribution is -2.44. The van der Waals surface area contributed by atoms with Crippen LogP contribution in [0, 0.1) is 5.41 Å². The van der Waals surface area contributed by atoms with Crippen molar-refractivity contribution in [3.8, 4) is 5.75 Å². The molecule has 140 valence electrons. The number of guanidine groups is 1. The van der Waals surface area contributed by atoms with Crippen LogP contribution in [0.3, 0.4) is 0 Å². The second-order valence-electron chi connectivity index (χ2n) is 6.50. The molecule has 1 atom stereocenters. The maximum absolute atomic E-state index is 9.28. The minimum atomic E-state index is 0.0237. The van der Waals surface area contributed by atoms with E-state index in [1.165, 1.54) is 0 Å². The van der Waals surface area contributed by atoms with Gasteiger partial charge in [-0.1, -0.05) is 18.2 Å². The number of ether oxygens (including phenoxy) is 2. The van der Waals surface area contributed by atoms with Crippen LogP contribution in [-0.2, 0) is 4.74 Å².